The molecule has 0 fully saturated rings. The molecule has 1 N–H and O–H groups in total. The van der Waals surface area contributed by atoms with Crippen LogP contribution in [-0.4, -0.2) is 28.1 Å². The Labute approximate surface area is 136 Å². The van der Waals surface area contributed by atoms with Gasteiger partial charge in [0.2, 0.25) is 0 Å². The first-order chi connectivity index (χ1) is 11.5. The summed E-state index contributed by atoms with van der Waals surface area (Å²) in [5.74, 6) is 0. The number of nitrogens with zero attached hydrogens (tertiary/aromatic N) is 4. The first-order valence-electron chi connectivity index (χ1n) is 6.69. The topological polar surface area (TPSA) is 120 Å². The maximum absolute atomic E-state index is 12.5. The van der Waals surface area contributed by atoms with Crippen LogP contribution in [0.3, 0.4) is 0 Å². The summed E-state index contributed by atoms with van der Waals surface area (Å²) in [5, 5.41) is 14.6. The molecule has 1 aromatic heterocycles. The van der Waals surface area contributed by atoms with Gasteiger partial charge in [-0.05, 0) is 24.3 Å². The van der Waals surface area contributed by atoms with Crippen LogP contribution in [-0.2, 0) is 10.0 Å². The molecule has 9 nitrogen and oxygen atoms in total. The predicted octanol–water partition coefficient (Wildman–Crippen LogP) is 1.98. The summed E-state index contributed by atoms with van der Waals surface area (Å²) < 4.78 is 28.8. The van der Waals surface area contributed by atoms with E-state index >= 15 is 0 Å². The number of aromatic nitrogens is 3. The number of nitrogens with one attached hydrogen (secondary N) is 1. The van der Waals surface area contributed by atoms with Crippen molar-refractivity contribution in [3.05, 3.63) is 71.3 Å². The van der Waals surface area contributed by atoms with Gasteiger partial charge in [-0.25, -0.2) is 18.1 Å². The molecule has 122 valence electrons. The van der Waals surface area contributed by atoms with Crippen LogP contribution in [0, 0.1) is 10.1 Å². The first kappa shape index (κ1) is 15.6. The number of hydrogen-bond donors (Lipinski definition) is 1. The van der Waals surface area contributed by atoms with E-state index in [2.05, 4.69) is 14.8 Å². The molecule has 0 aliphatic rings. The Bertz CT molecular complexity index is 969. The minimum Gasteiger partial charge on any atom is -0.277 e. The highest BCUT2D eigenvalue weighted by atomic mass is 32.2. The van der Waals surface area contributed by atoms with Crippen LogP contribution in [0.15, 0.2) is 66.1 Å². The van der Waals surface area contributed by atoms with Gasteiger partial charge in [0.15, 0.2) is 0 Å². The van der Waals surface area contributed by atoms with Crippen molar-refractivity contribution in [2.45, 2.75) is 4.90 Å². The maximum Gasteiger partial charge on any atom is 0.269 e. The second-order valence-corrected chi connectivity index (χ2v) is 6.40. The lowest BCUT2D eigenvalue weighted by Crippen LogP contribution is -2.14. The SMILES string of the molecule is O=[N+]([O-])c1ccc(S(=O)(=O)Nc2ccccc2-n2cncn2)cc1. The molecule has 0 spiro atoms. The Morgan fingerprint density at radius 3 is 2.42 bits per heavy atom. The van der Waals surface area contributed by atoms with Gasteiger partial charge in [-0.15, -0.1) is 0 Å². The molecule has 0 saturated carbocycles. The zero-order chi connectivity index (χ0) is 17.2. The molecule has 0 aliphatic heterocycles. The molecular formula is C14H11N5O4S. The van der Waals surface area contributed by atoms with Gasteiger partial charge in [0, 0.05) is 12.1 Å². The molecule has 24 heavy (non-hydrogen) atoms. The van der Waals surface area contributed by atoms with Crippen molar-refractivity contribution >= 4 is 21.4 Å². The Morgan fingerprint density at radius 2 is 1.79 bits per heavy atom. The highest BCUT2D eigenvalue weighted by Crippen LogP contribution is 2.23. The van der Waals surface area contributed by atoms with Gasteiger partial charge >= 0.3 is 0 Å². The van der Waals surface area contributed by atoms with E-state index in [1.54, 1.807) is 24.3 Å². The Morgan fingerprint density at radius 1 is 1.08 bits per heavy atom. The molecule has 0 aliphatic carbocycles. The highest BCUT2D eigenvalue weighted by Gasteiger charge is 2.18. The number of benzene rings is 2. The molecule has 3 aromatic rings. The van der Waals surface area contributed by atoms with E-state index in [0.717, 1.165) is 12.1 Å². The zero-order valence-corrected chi connectivity index (χ0v) is 12.9. The van der Waals surface area contributed by atoms with Gasteiger partial charge in [0.25, 0.3) is 15.7 Å². The number of hydrogen-bond acceptors (Lipinski definition) is 6. The van der Waals surface area contributed by atoms with Gasteiger partial charge in [-0.3, -0.25) is 14.8 Å². The van der Waals surface area contributed by atoms with Crippen molar-refractivity contribution in [3.63, 3.8) is 0 Å². The second-order valence-electron chi connectivity index (χ2n) is 4.71. The fraction of sp³-hybridized carbons (Fsp3) is 0. The van der Waals surface area contributed by atoms with E-state index in [0.29, 0.717) is 11.4 Å². The summed E-state index contributed by atoms with van der Waals surface area (Å²) in [7, 11) is -3.90. The van der Waals surface area contributed by atoms with Gasteiger partial charge in [0.1, 0.15) is 12.7 Å². The van der Waals surface area contributed by atoms with Gasteiger partial charge in [0.05, 0.1) is 21.2 Å². The number of non-ortho nitro benzene ring substituents is 1. The fourth-order valence-corrected chi connectivity index (χ4v) is 3.12. The lowest BCUT2D eigenvalue weighted by Gasteiger charge is -2.12. The molecule has 2 aromatic carbocycles. The summed E-state index contributed by atoms with van der Waals surface area (Å²) in [6, 6.07) is 11.3. The summed E-state index contributed by atoms with van der Waals surface area (Å²) in [6.45, 7) is 0. The molecular weight excluding hydrogens is 334 g/mol. The van der Waals surface area contributed by atoms with Crippen molar-refractivity contribution < 1.29 is 13.3 Å². The third kappa shape index (κ3) is 3.08. The van der Waals surface area contributed by atoms with Gasteiger partial charge in [-0.1, -0.05) is 12.1 Å². The number of nitro groups is 1. The standard InChI is InChI=1S/C14H11N5O4S/c20-19(21)11-5-7-12(8-6-11)24(22,23)17-13-3-1-2-4-14(13)18-10-15-9-16-18/h1-10,17H. The van der Waals surface area contributed by atoms with E-state index in [1.165, 1.54) is 29.5 Å². The van der Waals surface area contributed by atoms with Gasteiger partial charge < -0.3 is 0 Å². The number of sulfonamides is 1. The van der Waals surface area contributed by atoms with Crippen LogP contribution in [0.1, 0.15) is 0 Å². The average Bonchev–Trinajstić information content (AvgIpc) is 3.09. The third-order valence-electron chi connectivity index (χ3n) is 3.17. The van der Waals surface area contributed by atoms with Gasteiger partial charge in [-0.2, -0.15) is 5.10 Å². The molecule has 3 rings (SSSR count). The summed E-state index contributed by atoms with van der Waals surface area (Å²) >= 11 is 0. The van der Waals surface area contributed by atoms with Crippen molar-refractivity contribution in [2.75, 3.05) is 4.72 Å². The number of anilines is 1. The van der Waals surface area contributed by atoms with Crippen molar-refractivity contribution in [1.82, 2.24) is 14.8 Å². The number of nitro benzene ring substituents is 1. The minimum atomic E-state index is -3.90. The number of para-hydroxylation sites is 2. The predicted molar refractivity (Wildman–Crippen MR) is 85.3 cm³/mol. The average molecular weight is 345 g/mol. The normalized spacial score (nSPS) is 11.2. The van der Waals surface area contributed by atoms with E-state index in [4.69, 9.17) is 0 Å². The van der Waals surface area contributed by atoms with E-state index in [9.17, 15) is 18.5 Å². The monoisotopic (exact) mass is 345 g/mol. The third-order valence-corrected chi connectivity index (χ3v) is 4.55. The van der Waals surface area contributed by atoms with E-state index < -0.39 is 14.9 Å². The van der Waals surface area contributed by atoms with Crippen molar-refractivity contribution in [3.8, 4) is 5.69 Å². The second kappa shape index (κ2) is 6.08. The highest BCUT2D eigenvalue weighted by molar-refractivity contribution is 7.92. The Kier molecular flexibility index (Phi) is 3.96. The molecule has 0 amide bonds. The van der Waals surface area contributed by atoms with Crippen LogP contribution in [0.4, 0.5) is 11.4 Å². The summed E-state index contributed by atoms with van der Waals surface area (Å²) in [5.41, 5.74) is 0.624. The molecule has 10 heteroatoms. The van der Waals surface area contributed by atoms with Crippen LogP contribution >= 0.6 is 0 Å². The lowest BCUT2D eigenvalue weighted by atomic mass is 10.3. The smallest absolute Gasteiger partial charge is 0.269 e. The number of rotatable bonds is 5. The zero-order valence-electron chi connectivity index (χ0n) is 12.1. The van der Waals surface area contributed by atoms with Crippen LogP contribution < -0.4 is 4.72 Å². The quantitative estimate of drug-likeness (QED) is 0.557. The van der Waals surface area contributed by atoms with Crippen LogP contribution in [0.25, 0.3) is 5.69 Å². The summed E-state index contributed by atoms with van der Waals surface area (Å²) in [6.07, 6.45) is 2.78. The fourth-order valence-electron chi connectivity index (χ4n) is 2.04. The molecule has 0 atom stereocenters. The lowest BCUT2D eigenvalue weighted by molar-refractivity contribution is -0.384. The van der Waals surface area contributed by atoms with E-state index in [1.807, 2.05) is 0 Å². The molecule has 1 heterocycles. The molecule has 0 unspecified atom stereocenters. The Hall–Kier alpha value is -3.27. The van der Waals surface area contributed by atoms with Crippen molar-refractivity contribution in [1.29, 1.82) is 0 Å². The van der Waals surface area contributed by atoms with E-state index in [-0.39, 0.29) is 10.6 Å². The molecule has 0 saturated heterocycles. The maximum atomic E-state index is 12.5. The minimum absolute atomic E-state index is 0.0820. The van der Waals surface area contributed by atoms with Crippen molar-refractivity contribution in [2.24, 2.45) is 0 Å². The molecule has 0 radical (unpaired) electrons. The largest absolute Gasteiger partial charge is 0.277 e. The Balaban J connectivity index is 1.94. The van der Waals surface area contributed by atoms with Crippen LogP contribution in [0.2, 0.25) is 0 Å². The van der Waals surface area contributed by atoms with Crippen LogP contribution in [0.5, 0.6) is 0 Å². The molecule has 0 bridgehead atoms. The first-order valence-corrected chi connectivity index (χ1v) is 8.17. The summed E-state index contributed by atoms with van der Waals surface area (Å²) in [4.78, 5) is 13.8.